The van der Waals surface area contributed by atoms with Gasteiger partial charge < -0.3 is 15.4 Å². The van der Waals surface area contributed by atoms with Gasteiger partial charge in [0, 0.05) is 13.0 Å². The zero-order chi connectivity index (χ0) is 18.5. The number of amides is 1. The van der Waals surface area contributed by atoms with Crippen molar-refractivity contribution in [3.8, 4) is 16.9 Å². The fraction of sp³-hybridized carbons (Fsp3) is 0.435. The number of hydrogen-bond acceptors (Lipinski definition) is 3. The van der Waals surface area contributed by atoms with Crippen molar-refractivity contribution in [2.75, 3.05) is 19.7 Å². The predicted molar refractivity (Wildman–Crippen MR) is 108 cm³/mol. The first-order valence-corrected chi connectivity index (χ1v) is 10.1. The van der Waals surface area contributed by atoms with E-state index in [0.717, 1.165) is 50.3 Å². The standard InChI is InChI=1S/C23H28N2O2/c26-23(10-5-18-11-12-24-15-18)25-16-17-3-6-19(7-4-17)20-8-9-22-21(14-20)2-1-13-27-22/h3-4,6-9,14,18,24H,1-2,5,10-13,15-16H2,(H,25,26). The van der Waals surface area contributed by atoms with Crippen molar-refractivity contribution in [1.29, 1.82) is 0 Å². The molecule has 1 saturated heterocycles. The molecule has 1 unspecified atom stereocenters. The van der Waals surface area contributed by atoms with Gasteiger partial charge in [0.1, 0.15) is 5.75 Å². The number of rotatable bonds is 6. The fourth-order valence-corrected chi connectivity index (χ4v) is 3.94. The lowest BCUT2D eigenvalue weighted by atomic mass is 9.98. The summed E-state index contributed by atoms with van der Waals surface area (Å²) in [4.78, 5) is 12.1. The lowest BCUT2D eigenvalue weighted by Crippen LogP contribution is -2.23. The maximum atomic E-state index is 12.1. The lowest BCUT2D eigenvalue weighted by Gasteiger charge is -2.18. The van der Waals surface area contributed by atoms with Crippen molar-refractivity contribution in [2.45, 2.75) is 38.6 Å². The topological polar surface area (TPSA) is 50.4 Å². The highest BCUT2D eigenvalue weighted by molar-refractivity contribution is 5.76. The SMILES string of the molecule is O=C(CCC1CCNC1)NCc1ccc(-c2ccc3c(c2)CCCO3)cc1. The van der Waals surface area contributed by atoms with Gasteiger partial charge in [0.2, 0.25) is 5.91 Å². The van der Waals surface area contributed by atoms with E-state index in [-0.39, 0.29) is 5.91 Å². The van der Waals surface area contributed by atoms with Crippen LogP contribution in [0.25, 0.3) is 11.1 Å². The summed E-state index contributed by atoms with van der Waals surface area (Å²) in [5, 5.41) is 6.40. The Morgan fingerprint density at radius 2 is 2.00 bits per heavy atom. The van der Waals surface area contributed by atoms with E-state index in [4.69, 9.17) is 4.74 Å². The Labute approximate surface area is 161 Å². The zero-order valence-electron chi connectivity index (χ0n) is 15.8. The number of fused-ring (bicyclic) bond motifs is 1. The number of carbonyl (C=O) groups excluding carboxylic acids is 1. The molecule has 27 heavy (non-hydrogen) atoms. The van der Waals surface area contributed by atoms with Crippen LogP contribution in [0.15, 0.2) is 42.5 Å². The second-order valence-corrected chi connectivity index (χ2v) is 7.65. The van der Waals surface area contributed by atoms with E-state index in [1.807, 2.05) is 0 Å². The summed E-state index contributed by atoms with van der Waals surface area (Å²) in [5.41, 5.74) is 4.86. The summed E-state index contributed by atoms with van der Waals surface area (Å²) in [6.45, 7) is 3.57. The molecular weight excluding hydrogens is 336 g/mol. The number of carbonyl (C=O) groups is 1. The van der Waals surface area contributed by atoms with Crippen LogP contribution in [-0.4, -0.2) is 25.6 Å². The molecule has 4 rings (SSSR count). The van der Waals surface area contributed by atoms with Gasteiger partial charge in [-0.05, 0) is 79.1 Å². The Hall–Kier alpha value is -2.33. The van der Waals surface area contributed by atoms with Crippen molar-refractivity contribution >= 4 is 5.91 Å². The molecule has 0 saturated carbocycles. The Bertz CT molecular complexity index is 779. The van der Waals surface area contributed by atoms with Crippen molar-refractivity contribution in [2.24, 2.45) is 5.92 Å². The van der Waals surface area contributed by atoms with E-state index in [1.54, 1.807) is 0 Å². The van der Waals surface area contributed by atoms with Gasteiger partial charge in [0.05, 0.1) is 6.61 Å². The Balaban J connectivity index is 1.30. The Kier molecular flexibility index (Phi) is 5.73. The van der Waals surface area contributed by atoms with Crippen LogP contribution in [0.2, 0.25) is 0 Å². The Morgan fingerprint density at radius 3 is 2.81 bits per heavy atom. The van der Waals surface area contributed by atoms with Gasteiger partial charge in [0.15, 0.2) is 0 Å². The second-order valence-electron chi connectivity index (χ2n) is 7.65. The summed E-state index contributed by atoms with van der Waals surface area (Å²) >= 11 is 0. The first-order chi connectivity index (χ1) is 13.3. The number of ether oxygens (including phenoxy) is 1. The average molecular weight is 364 g/mol. The smallest absolute Gasteiger partial charge is 0.220 e. The number of benzene rings is 2. The van der Waals surface area contributed by atoms with Crippen molar-refractivity contribution in [1.82, 2.24) is 10.6 Å². The van der Waals surface area contributed by atoms with Crippen LogP contribution in [0.1, 0.15) is 36.8 Å². The third-order valence-corrected chi connectivity index (χ3v) is 5.63. The molecule has 2 aromatic rings. The minimum absolute atomic E-state index is 0.153. The number of hydrogen-bond donors (Lipinski definition) is 2. The third-order valence-electron chi connectivity index (χ3n) is 5.63. The Morgan fingerprint density at radius 1 is 1.15 bits per heavy atom. The molecule has 4 heteroatoms. The van der Waals surface area contributed by atoms with Gasteiger partial charge in [-0.15, -0.1) is 0 Å². The van der Waals surface area contributed by atoms with Crippen molar-refractivity contribution in [3.63, 3.8) is 0 Å². The fourth-order valence-electron chi connectivity index (χ4n) is 3.94. The largest absolute Gasteiger partial charge is 0.493 e. The molecule has 142 valence electrons. The molecule has 0 spiro atoms. The van der Waals surface area contributed by atoms with Crippen LogP contribution in [0.3, 0.4) is 0 Å². The molecule has 2 aromatic carbocycles. The second kappa shape index (κ2) is 8.57. The monoisotopic (exact) mass is 364 g/mol. The number of nitrogens with one attached hydrogen (secondary N) is 2. The summed E-state index contributed by atoms with van der Waals surface area (Å²) in [7, 11) is 0. The molecule has 2 heterocycles. The van der Waals surface area contributed by atoms with E-state index in [9.17, 15) is 4.79 Å². The quantitative estimate of drug-likeness (QED) is 0.822. The molecule has 2 aliphatic heterocycles. The molecule has 2 N–H and O–H groups in total. The van der Waals surface area contributed by atoms with Crippen LogP contribution in [-0.2, 0) is 17.8 Å². The molecule has 2 aliphatic rings. The molecule has 1 fully saturated rings. The van der Waals surface area contributed by atoms with E-state index >= 15 is 0 Å². The van der Waals surface area contributed by atoms with Crippen molar-refractivity contribution in [3.05, 3.63) is 53.6 Å². The van der Waals surface area contributed by atoms with Gasteiger partial charge in [-0.1, -0.05) is 30.3 Å². The van der Waals surface area contributed by atoms with Crippen molar-refractivity contribution < 1.29 is 9.53 Å². The maximum Gasteiger partial charge on any atom is 0.220 e. The van der Waals surface area contributed by atoms with E-state index in [1.165, 1.54) is 23.1 Å². The minimum atomic E-state index is 0.153. The van der Waals surface area contributed by atoms with Gasteiger partial charge >= 0.3 is 0 Å². The molecule has 0 aliphatic carbocycles. The first-order valence-electron chi connectivity index (χ1n) is 10.1. The molecule has 0 aromatic heterocycles. The normalized spacial score (nSPS) is 18.6. The zero-order valence-corrected chi connectivity index (χ0v) is 15.8. The molecule has 0 radical (unpaired) electrons. The summed E-state index contributed by atoms with van der Waals surface area (Å²) in [6, 6.07) is 14.9. The van der Waals surface area contributed by atoms with Crippen LogP contribution in [0.4, 0.5) is 0 Å². The predicted octanol–water partition coefficient (Wildman–Crippen LogP) is 3.68. The minimum Gasteiger partial charge on any atom is -0.493 e. The van der Waals surface area contributed by atoms with Crippen LogP contribution >= 0.6 is 0 Å². The summed E-state index contributed by atoms with van der Waals surface area (Å²) < 4.78 is 5.70. The van der Waals surface area contributed by atoms with Gasteiger partial charge in [0.25, 0.3) is 0 Å². The highest BCUT2D eigenvalue weighted by atomic mass is 16.5. The lowest BCUT2D eigenvalue weighted by molar-refractivity contribution is -0.121. The first kappa shape index (κ1) is 18.1. The highest BCUT2D eigenvalue weighted by Gasteiger charge is 2.15. The van der Waals surface area contributed by atoms with Crippen LogP contribution in [0.5, 0.6) is 5.75 Å². The average Bonchev–Trinajstić information content (AvgIpc) is 3.24. The third kappa shape index (κ3) is 4.69. The summed E-state index contributed by atoms with van der Waals surface area (Å²) in [5.74, 6) is 1.84. The molecule has 1 atom stereocenters. The molecule has 1 amide bonds. The maximum absolute atomic E-state index is 12.1. The van der Waals surface area contributed by atoms with E-state index in [0.29, 0.717) is 18.9 Å². The summed E-state index contributed by atoms with van der Waals surface area (Å²) in [6.07, 6.45) is 4.99. The number of aryl methyl sites for hydroxylation is 1. The molecular formula is C23H28N2O2. The molecule has 4 nitrogen and oxygen atoms in total. The van der Waals surface area contributed by atoms with E-state index < -0.39 is 0 Å². The van der Waals surface area contributed by atoms with Crippen LogP contribution in [0, 0.1) is 5.92 Å². The van der Waals surface area contributed by atoms with Gasteiger partial charge in [-0.2, -0.15) is 0 Å². The van der Waals surface area contributed by atoms with Gasteiger partial charge in [-0.25, -0.2) is 0 Å². The van der Waals surface area contributed by atoms with Crippen LogP contribution < -0.4 is 15.4 Å². The highest BCUT2D eigenvalue weighted by Crippen LogP contribution is 2.30. The molecule has 0 bridgehead atoms. The van der Waals surface area contributed by atoms with E-state index in [2.05, 4.69) is 53.1 Å². The van der Waals surface area contributed by atoms with Gasteiger partial charge in [-0.3, -0.25) is 4.79 Å².